The Morgan fingerprint density at radius 2 is 1.40 bits per heavy atom. The molecule has 0 fully saturated rings. The molecule has 108 valence electrons. The van der Waals surface area contributed by atoms with Crippen molar-refractivity contribution >= 4 is 5.95 Å². The highest BCUT2D eigenvalue weighted by atomic mass is 19.4. The number of nitrogens with two attached hydrogens (primary N) is 1. The Morgan fingerprint density at radius 3 is 1.75 bits per heavy atom. The van der Waals surface area contributed by atoms with Crippen LogP contribution in [0.5, 0.6) is 0 Å². The third-order valence-corrected chi connectivity index (χ3v) is 2.36. The fourth-order valence-electron chi connectivity index (χ4n) is 1.50. The first kappa shape index (κ1) is 14.2. The molecule has 0 unspecified atom stereocenters. The summed E-state index contributed by atoms with van der Waals surface area (Å²) in [6.45, 7) is 0. The van der Waals surface area contributed by atoms with Crippen LogP contribution < -0.4 is 5.73 Å². The van der Waals surface area contributed by atoms with Gasteiger partial charge in [-0.3, -0.25) is 5.10 Å². The molecule has 0 saturated carbocycles. The molecular formula is C10H6F6N4. The van der Waals surface area contributed by atoms with E-state index >= 15 is 0 Å². The Balaban J connectivity index is 2.63. The van der Waals surface area contributed by atoms with Crippen LogP contribution in [-0.4, -0.2) is 15.2 Å². The zero-order chi connectivity index (χ0) is 15.1. The highest BCUT2D eigenvalue weighted by Gasteiger charge is 2.37. The molecule has 0 aliphatic rings. The maximum absolute atomic E-state index is 12.6. The first-order valence-corrected chi connectivity index (χ1v) is 5.05. The average Bonchev–Trinajstić information content (AvgIpc) is 2.73. The predicted octanol–water partition coefficient (Wildman–Crippen LogP) is 3.09. The molecule has 0 radical (unpaired) electrons. The molecule has 0 aliphatic heterocycles. The topological polar surface area (TPSA) is 67.6 Å². The van der Waals surface area contributed by atoms with Gasteiger partial charge in [0.25, 0.3) is 0 Å². The van der Waals surface area contributed by atoms with E-state index in [0.717, 1.165) is 0 Å². The van der Waals surface area contributed by atoms with Crippen molar-refractivity contribution < 1.29 is 26.3 Å². The quantitative estimate of drug-likeness (QED) is 0.795. The van der Waals surface area contributed by atoms with Crippen molar-refractivity contribution in [2.45, 2.75) is 12.4 Å². The summed E-state index contributed by atoms with van der Waals surface area (Å²) in [5.74, 6) is -0.565. The molecule has 0 aliphatic carbocycles. The van der Waals surface area contributed by atoms with Crippen molar-refractivity contribution in [3.05, 3.63) is 29.3 Å². The number of rotatable bonds is 1. The van der Waals surface area contributed by atoms with Crippen LogP contribution in [0, 0.1) is 0 Å². The molecule has 1 aromatic heterocycles. The summed E-state index contributed by atoms with van der Waals surface area (Å²) in [6, 6.07) is 1.10. The van der Waals surface area contributed by atoms with Gasteiger partial charge in [-0.1, -0.05) is 0 Å². The zero-order valence-electron chi connectivity index (χ0n) is 9.47. The van der Waals surface area contributed by atoms with Crippen molar-refractivity contribution in [1.82, 2.24) is 15.2 Å². The number of H-pyrrole nitrogens is 1. The lowest BCUT2D eigenvalue weighted by Crippen LogP contribution is -2.11. The van der Waals surface area contributed by atoms with E-state index in [2.05, 4.69) is 15.2 Å². The lowest BCUT2D eigenvalue weighted by atomic mass is 10.0. The van der Waals surface area contributed by atoms with E-state index in [1.807, 2.05) is 0 Å². The molecule has 0 atom stereocenters. The highest BCUT2D eigenvalue weighted by molar-refractivity contribution is 5.59. The van der Waals surface area contributed by atoms with Gasteiger partial charge in [-0.05, 0) is 18.2 Å². The molecule has 2 rings (SSSR count). The lowest BCUT2D eigenvalue weighted by Gasteiger charge is -2.13. The van der Waals surface area contributed by atoms with Crippen LogP contribution in [0.3, 0.4) is 0 Å². The largest absolute Gasteiger partial charge is 0.416 e. The molecular weight excluding hydrogens is 290 g/mol. The minimum atomic E-state index is -4.92. The fourth-order valence-corrected chi connectivity index (χ4v) is 1.50. The molecule has 1 heterocycles. The number of nitrogens with one attached hydrogen (secondary N) is 1. The maximum Gasteiger partial charge on any atom is 0.416 e. The number of nitrogen functional groups attached to an aromatic ring is 1. The number of hydrogen-bond acceptors (Lipinski definition) is 3. The van der Waals surface area contributed by atoms with E-state index in [4.69, 9.17) is 5.73 Å². The van der Waals surface area contributed by atoms with Crippen LogP contribution in [0.25, 0.3) is 11.4 Å². The van der Waals surface area contributed by atoms with Crippen LogP contribution in [0.1, 0.15) is 11.1 Å². The van der Waals surface area contributed by atoms with Gasteiger partial charge in [-0.2, -0.15) is 31.3 Å². The summed E-state index contributed by atoms with van der Waals surface area (Å²) in [4.78, 5) is 3.50. The summed E-state index contributed by atoms with van der Waals surface area (Å²) in [7, 11) is 0. The molecule has 1 aromatic carbocycles. The van der Waals surface area contributed by atoms with Crippen molar-refractivity contribution in [3.8, 4) is 11.4 Å². The number of hydrogen-bond donors (Lipinski definition) is 2. The first-order chi connectivity index (χ1) is 9.07. The smallest absolute Gasteiger partial charge is 0.366 e. The van der Waals surface area contributed by atoms with Gasteiger partial charge >= 0.3 is 12.4 Å². The van der Waals surface area contributed by atoms with Gasteiger partial charge < -0.3 is 5.73 Å². The molecule has 0 saturated heterocycles. The van der Waals surface area contributed by atoms with E-state index in [-0.39, 0.29) is 17.8 Å². The van der Waals surface area contributed by atoms with E-state index in [1.54, 1.807) is 0 Å². The molecule has 20 heavy (non-hydrogen) atoms. The molecule has 0 amide bonds. The molecule has 3 N–H and O–H groups in total. The van der Waals surface area contributed by atoms with E-state index in [9.17, 15) is 26.3 Å². The van der Waals surface area contributed by atoms with Crippen LogP contribution in [-0.2, 0) is 12.4 Å². The zero-order valence-corrected chi connectivity index (χ0v) is 9.47. The Labute approximate surface area is 107 Å². The van der Waals surface area contributed by atoms with Gasteiger partial charge in [-0.25, -0.2) is 0 Å². The minimum absolute atomic E-state index is 0.0310. The van der Waals surface area contributed by atoms with Gasteiger partial charge in [0, 0.05) is 5.56 Å². The van der Waals surface area contributed by atoms with Crippen molar-refractivity contribution in [1.29, 1.82) is 0 Å². The number of nitrogens with zero attached hydrogens (tertiary/aromatic N) is 2. The number of aromatic amines is 1. The normalized spacial score (nSPS) is 12.7. The summed E-state index contributed by atoms with van der Waals surface area (Å²) in [6.07, 6.45) is -9.83. The number of alkyl halides is 6. The summed E-state index contributed by atoms with van der Waals surface area (Å²) >= 11 is 0. The van der Waals surface area contributed by atoms with Gasteiger partial charge in [0.05, 0.1) is 11.1 Å². The predicted molar refractivity (Wildman–Crippen MR) is 56.2 cm³/mol. The van der Waals surface area contributed by atoms with Crippen molar-refractivity contribution in [2.24, 2.45) is 0 Å². The molecule has 0 spiro atoms. The minimum Gasteiger partial charge on any atom is -0.366 e. The summed E-state index contributed by atoms with van der Waals surface area (Å²) in [5.41, 5.74) is 1.89. The SMILES string of the molecule is Nc1n[nH]c(-c2cc(C(F)(F)F)cc(C(F)(F)F)c2)n1. The van der Waals surface area contributed by atoms with E-state index in [0.29, 0.717) is 12.1 Å². The van der Waals surface area contributed by atoms with E-state index < -0.39 is 29.0 Å². The second-order valence-electron chi connectivity index (χ2n) is 3.84. The maximum atomic E-state index is 12.6. The highest BCUT2D eigenvalue weighted by Crippen LogP contribution is 2.37. The van der Waals surface area contributed by atoms with Crippen LogP contribution in [0.15, 0.2) is 18.2 Å². The molecule has 2 aromatic rings. The third-order valence-electron chi connectivity index (χ3n) is 2.36. The van der Waals surface area contributed by atoms with Gasteiger partial charge in [-0.15, -0.1) is 5.10 Å². The Morgan fingerprint density at radius 1 is 0.900 bits per heavy atom. The molecule has 0 bridgehead atoms. The Kier molecular flexibility index (Phi) is 3.11. The molecule has 10 heteroatoms. The van der Waals surface area contributed by atoms with Crippen LogP contribution in [0.2, 0.25) is 0 Å². The lowest BCUT2D eigenvalue weighted by molar-refractivity contribution is -0.143. The Hall–Kier alpha value is -2.26. The Bertz CT molecular complexity index is 595. The summed E-state index contributed by atoms with van der Waals surface area (Å²) in [5, 5.41) is 5.51. The monoisotopic (exact) mass is 296 g/mol. The van der Waals surface area contributed by atoms with Crippen molar-refractivity contribution in [2.75, 3.05) is 5.73 Å². The van der Waals surface area contributed by atoms with Crippen molar-refractivity contribution in [3.63, 3.8) is 0 Å². The van der Waals surface area contributed by atoms with Gasteiger partial charge in [0.15, 0.2) is 5.82 Å². The number of anilines is 1. The third kappa shape index (κ3) is 2.83. The fraction of sp³-hybridized carbons (Fsp3) is 0.200. The second-order valence-corrected chi connectivity index (χ2v) is 3.84. The van der Waals surface area contributed by atoms with Crippen LogP contribution >= 0.6 is 0 Å². The van der Waals surface area contributed by atoms with Gasteiger partial charge in [0.1, 0.15) is 0 Å². The first-order valence-electron chi connectivity index (χ1n) is 5.05. The number of benzene rings is 1. The summed E-state index contributed by atoms with van der Waals surface area (Å²) < 4.78 is 75.7. The average molecular weight is 296 g/mol. The van der Waals surface area contributed by atoms with Gasteiger partial charge in [0.2, 0.25) is 5.95 Å². The van der Waals surface area contributed by atoms with Crippen LogP contribution in [0.4, 0.5) is 32.3 Å². The number of aromatic nitrogens is 3. The standard InChI is InChI=1S/C10H6F6N4/c11-9(12,13)5-1-4(7-18-8(17)20-19-7)2-6(3-5)10(14,15)16/h1-3H,(H3,17,18,19,20). The number of halogens is 6. The second kappa shape index (κ2) is 4.39. The molecule has 4 nitrogen and oxygen atoms in total. The van der Waals surface area contributed by atoms with E-state index in [1.165, 1.54) is 0 Å².